The summed E-state index contributed by atoms with van der Waals surface area (Å²) in [7, 11) is 5.10. The quantitative estimate of drug-likeness (QED) is 0.319. The van der Waals surface area contributed by atoms with Crippen molar-refractivity contribution in [2.24, 2.45) is 5.92 Å². The SMILES string of the molecule is COc1cc2c(cc1OCC1CCCN(C)C1)Nc1cc(-c3ccc([N+](=O)[O-])c(OC)c3)ccc1C(=O)N2. The Bertz CT molecular complexity index is 1390. The van der Waals surface area contributed by atoms with E-state index < -0.39 is 4.92 Å². The zero-order valence-corrected chi connectivity index (χ0v) is 21.6. The Morgan fingerprint density at radius 2 is 1.66 bits per heavy atom. The summed E-state index contributed by atoms with van der Waals surface area (Å²) in [6.07, 6.45) is 2.27. The number of amides is 1. The van der Waals surface area contributed by atoms with Crippen molar-refractivity contribution in [2.75, 3.05) is 51.6 Å². The number of nitro groups is 1. The molecule has 0 bridgehead atoms. The van der Waals surface area contributed by atoms with Crippen molar-refractivity contribution >= 4 is 28.7 Å². The second kappa shape index (κ2) is 10.6. The molecular weight excluding hydrogens is 488 g/mol. The maximum atomic E-state index is 13.1. The molecule has 198 valence electrons. The van der Waals surface area contributed by atoms with Crippen LogP contribution in [-0.2, 0) is 0 Å². The maximum Gasteiger partial charge on any atom is 0.310 e. The molecule has 1 fully saturated rings. The third-order valence-electron chi connectivity index (χ3n) is 6.99. The number of nitrogens with one attached hydrogen (secondary N) is 2. The molecule has 3 aromatic rings. The summed E-state index contributed by atoms with van der Waals surface area (Å²) in [6.45, 7) is 2.68. The van der Waals surface area contributed by atoms with Gasteiger partial charge in [-0.2, -0.15) is 0 Å². The van der Waals surface area contributed by atoms with Crippen LogP contribution in [0.5, 0.6) is 17.2 Å². The molecule has 0 aromatic heterocycles. The molecule has 2 aliphatic rings. The van der Waals surface area contributed by atoms with E-state index in [1.54, 1.807) is 37.4 Å². The number of piperidine rings is 1. The summed E-state index contributed by atoms with van der Waals surface area (Å²) in [5, 5.41) is 17.6. The fourth-order valence-corrected chi connectivity index (χ4v) is 5.02. The summed E-state index contributed by atoms with van der Waals surface area (Å²) in [6, 6.07) is 13.7. The number of carbonyl (C=O) groups is 1. The van der Waals surface area contributed by atoms with E-state index in [9.17, 15) is 14.9 Å². The molecule has 0 radical (unpaired) electrons. The largest absolute Gasteiger partial charge is 0.493 e. The van der Waals surface area contributed by atoms with Crippen LogP contribution in [0.1, 0.15) is 23.2 Å². The summed E-state index contributed by atoms with van der Waals surface area (Å²) in [5.41, 5.74) is 3.69. The number of carbonyl (C=O) groups excluding carboxylic acids is 1. The maximum absolute atomic E-state index is 13.1. The second-order valence-electron chi connectivity index (χ2n) is 9.61. The Balaban J connectivity index is 1.45. The van der Waals surface area contributed by atoms with Gasteiger partial charge >= 0.3 is 5.69 Å². The van der Waals surface area contributed by atoms with Gasteiger partial charge in [-0.25, -0.2) is 0 Å². The predicted octanol–water partition coefficient (Wildman–Crippen LogP) is 5.31. The highest BCUT2D eigenvalue weighted by Gasteiger charge is 2.24. The van der Waals surface area contributed by atoms with Gasteiger partial charge in [-0.1, -0.05) is 6.07 Å². The van der Waals surface area contributed by atoms with E-state index in [0.717, 1.165) is 37.1 Å². The van der Waals surface area contributed by atoms with Crippen LogP contribution in [0.15, 0.2) is 48.5 Å². The van der Waals surface area contributed by atoms with Gasteiger partial charge in [-0.3, -0.25) is 14.9 Å². The minimum atomic E-state index is -0.483. The molecule has 1 atom stereocenters. The van der Waals surface area contributed by atoms with Crippen molar-refractivity contribution in [1.82, 2.24) is 4.90 Å². The Hall–Kier alpha value is -4.31. The monoisotopic (exact) mass is 518 g/mol. The standard InChI is InChI=1S/C28H30N4O6/c1-31-10-4-5-17(15-31)16-38-27-14-22-23(13-26(27)37-3)30-28(33)20-8-6-18(11-21(20)29-22)19-7-9-24(32(34)35)25(12-19)36-2/h6-9,11-14,17,29H,4-5,10,15-16H2,1-3H3,(H,30,33). The van der Waals surface area contributed by atoms with Crippen molar-refractivity contribution in [3.63, 3.8) is 0 Å². The zero-order valence-electron chi connectivity index (χ0n) is 21.6. The first-order valence-electron chi connectivity index (χ1n) is 12.4. The number of nitro benzene ring substituents is 1. The van der Waals surface area contributed by atoms with E-state index in [0.29, 0.717) is 46.6 Å². The van der Waals surface area contributed by atoms with E-state index in [2.05, 4.69) is 22.6 Å². The van der Waals surface area contributed by atoms with Crippen LogP contribution in [0.4, 0.5) is 22.7 Å². The molecular formula is C28H30N4O6. The number of hydrogen-bond acceptors (Lipinski definition) is 8. The molecule has 2 heterocycles. The Kier molecular flexibility index (Phi) is 7.06. The highest BCUT2D eigenvalue weighted by molar-refractivity contribution is 6.12. The normalized spacial score (nSPS) is 16.8. The smallest absolute Gasteiger partial charge is 0.310 e. The highest BCUT2D eigenvalue weighted by atomic mass is 16.6. The molecule has 3 aromatic carbocycles. The summed E-state index contributed by atoms with van der Waals surface area (Å²) >= 11 is 0. The Morgan fingerprint density at radius 3 is 2.39 bits per heavy atom. The number of nitrogens with zero attached hydrogens (tertiary/aromatic N) is 2. The van der Waals surface area contributed by atoms with Crippen molar-refractivity contribution < 1.29 is 23.9 Å². The number of methoxy groups -OCH3 is 2. The molecule has 38 heavy (non-hydrogen) atoms. The van der Waals surface area contributed by atoms with E-state index >= 15 is 0 Å². The number of hydrogen-bond donors (Lipinski definition) is 2. The van der Waals surface area contributed by atoms with E-state index in [1.165, 1.54) is 13.2 Å². The van der Waals surface area contributed by atoms with Crippen LogP contribution in [-0.4, -0.2) is 56.7 Å². The number of benzene rings is 3. The van der Waals surface area contributed by atoms with Gasteiger partial charge in [0.05, 0.1) is 48.4 Å². The lowest BCUT2D eigenvalue weighted by atomic mass is 9.99. The van der Waals surface area contributed by atoms with Crippen molar-refractivity contribution in [1.29, 1.82) is 0 Å². The van der Waals surface area contributed by atoms with Gasteiger partial charge in [0.15, 0.2) is 17.2 Å². The van der Waals surface area contributed by atoms with Crippen LogP contribution < -0.4 is 24.8 Å². The summed E-state index contributed by atoms with van der Waals surface area (Å²) < 4.78 is 17.0. The van der Waals surface area contributed by atoms with Crippen LogP contribution >= 0.6 is 0 Å². The first kappa shape index (κ1) is 25.3. The minimum Gasteiger partial charge on any atom is -0.493 e. The number of ether oxygens (including phenoxy) is 3. The second-order valence-corrected chi connectivity index (χ2v) is 9.61. The van der Waals surface area contributed by atoms with Gasteiger partial charge in [0.25, 0.3) is 5.91 Å². The van der Waals surface area contributed by atoms with E-state index in [-0.39, 0.29) is 17.3 Å². The molecule has 2 aliphatic heterocycles. The number of likely N-dealkylation sites (tertiary alicyclic amines) is 1. The molecule has 0 aliphatic carbocycles. The first-order chi connectivity index (χ1) is 18.4. The molecule has 5 rings (SSSR count). The van der Waals surface area contributed by atoms with Gasteiger partial charge in [-0.15, -0.1) is 0 Å². The van der Waals surface area contributed by atoms with Crippen LogP contribution in [0.3, 0.4) is 0 Å². The van der Waals surface area contributed by atoms with Gasteiger partial charge in [0.1, 0.15) is 0 Å². The molecule has 0 spiro atoms. The van der Waals surface area contributed by atoms with Crippen LogP contribution in [0.25, 0.3) is 11.1 Å². The fourth-order valence-electron chi connectivity index (χ4n) is 5.02. The minimum absolute atomic E-state index is 0.112. The van der Waals surface area contributed by atoms with E-state index in [4.69, 9.17) is 14.2 Å². The van der Waals surface area contributed by atoms with Crippen molar-refractivity contribution in [3.05, 3.63) is 64.2 Å². The van der Waals surface area contributed by atoms with Crippen LogP contribution in [0.2, 0.25) is 0 Å². The van der Waals surface area contributed by atoms with Gasteiger partial charge in [0.2, 0.25) is 0 Å². The van der Waals surface area contributed by atoms with Gasteiger partial charge in [0, 0.05) is 30.7 Å². The summed E-state index contributed by atoms with van der Waals surface area (Å²) in [4.78, 5) is 26.2. The number of fused-ring (bicyclic) bond motifs is 2. The lowest BCUT2D eigenvalue weighted by Gasteiger charge is -2.29. The molecule has 1 amide bonds. The highest BCUT2D eigenvalue weighted by Crippen LogP contribution is 2.42. The molecule has 1 unspecified atom stereocenters. The van der Waals surface area contributed by atoms with Gasteiger partial charge in [-0.05, 0) is 61.8 Å². The third-order valence-corrected chi connectivity index (χ3v) is 6.99. The average Bonchev–Trinajstić information content (AvgIpc) is 3.05. The molecule has 10 nitrogen and oxygen atoms in total. The zero-order chi connectivity index (χ0) is 26.8. The molecule has 10 heteroatoms. The molecule has 1 saturated heterocycles. The average molecular weight is 519 g/mol. The van der Waals surface area contributed by atoms with Crippen molar-refractivity contribution in [3.8, 4) is 28.4 Å². The topological polar surface area (TPSA) is 115 Å². The first-order valence-corrected chi connectivity index (χ1v) is 12.4. The Labute approximate surface area is 220 Å². The molecule has 0 saturated carbocycles. The predicted molar refractivity (Wildman–Crippen MR) is 145 cm³/mol. The van der Waals surface area contributed by atoms with Gasteiger partial charge < -0.3 is 29.7 Å². The number of anilines is 3. The number of rotatable bonds is 7. The summed E-state index contributed by atoms with van der Waals surface area (Å²) in [5.74, 6) is 1.48. The fraction of sp³-hybridized carbons (Fsp3) is 0.321. The molecule has 2 N–H and O–H groups in total. The van der Waals surface area contributed by atoms with Crippen molar-refractivity contribution in [2.45, 2.75) is 12.8 Å². The Morgan fingerprint density at radius 1 is 0.947 bits per heavy atom. The van der Waals surface area contributed by atoms with Crippen LogP contribution in [0, 0.1) is 16.0 Å². The lowest BCUT2D eigenvalue weighted by molar-refractivity contribution is -0.385. The van der Waals surface area contributed by atoms with E-state index in [1.807, 2.05) is 12.1 Å². The lowest BCUT2D eigenvalue weighted by Crippen LogP contribution is -2.34. The third kappa shape index (κ3) is 5.08.